The van der Waals surface area contributed by atoms with Crippen LogP contribution in [0.2, 0.25) is 0 Å². The second kappa shape index (κ2) is 6.00. The van der Waals surface area contributed by atoms with Crippen LogP contribution >= 0.6 is 0 Å². The van der Waals surface area contributed by atoms with Gasteiger partial charge in [-0.1, -0.05) is 54.6 Å². The van der Waals surface area contributed by atoms with Gasteiger partial charge in [0, 0.05) is 30.9 Å². The number of hydrogen-bond acceptors (Lipinski definition) is 2. The number of fused-ring (bicyclic) bond motifs is 2. The van der Waals surface area contributed by atoms with E-state index in [9.17, 15) is 4.79 Å². The van der Waals surface area contributed by atoms with Crippen molar-refractivity contribution >= 4 is 22.4 Å². The SMILES string of the molecule is Cc1cccc2c1NCCN(C(=O)c1cccc3ccccc13)C2. The van der Waals surface area contributed by atoms with Gasteiger partial charge in [0.2, 0.25) is 0 Å². The van der Waals surface area contributed by atoms with Gasteiger partial charge in [-0.15, -0.1) is 0 Å². The zero-order valence-electron chi connectivity index (χ0n) is 13.8. The Morgan fingerprint density at radius 1 is 1.00 bits per heavy atom. The standard InChI is InChI=1S/C21H20N2O/c1-15-6-4-9-17-14-23(13-12-22-20(15)17)21(24)19-11-5-8-16-7-2-3-10-18(16)19/h2-11,22H,12-14H2,1H3. The summed E-state index contributed by atoms with van der Waals surface area (Å²) in [5, 5.41) is 5.60. The highest BCUT2D eigenvalue weighted by Gasteiger charge is 2.21. The molecule has 0 radical (unpaired) electrons. The lowest BCUT2D eigenvalue weighted by atomic mass is 10.0. The average molecular weight is 316 g/mol. The molecule has 3 aromatic carbocycles. The Hall–Kier alpha value is -2.81. The Morgan fingerprint density at radius 2 is 1.79 bits per heavy atom. The van der Waals surface area contributed by atoms with Crippen LogP contribution in [0.15, 0.2) is 60.7 Å². The van der Waals surface area contributed by atoms with Crippen molar-refractivity contribution in [2.24, 2.45) is 0 Å². The Balaban J connectivity index is 1.72. The van der Waals surface area contributed by atoms with Crippen molar-refractivity contribution < 1.29 is 4.79 Å². The van der Waals surface area contributed by atoms with Crippen LogP contribution in [-0.4, -0.2) is 23.9 Å². The summed E-state index contributed by atoms with van der Waals surface area (Å²) in [6, 6.07) is 20.3. The second-order valence-electron chi connectivity index (χ2n) is 6.29. The van der Waals surface area contributed by atoms with Gasteiger partial charge in [-0.05, 0) is 34.9 Å². The number of amides is 1. The number of aryl methyl sites for hydroxylation is 1. The van der Waals surface area contributed by atoms with Gasteiger partial charge in [0.1, 0.15) is 0 Å². The molecular formula is C21H20N2O. The van der Waals surface area contributed by atoms with E-state index >= 15 is 0 Å². The fourth-order valence-electron chi connectivity index (χ4n) is 3.47. The predicted octanol–water partition coefficient (Wildman–Crippen LogP) is 4.22. The number of carbonyl (C=O) groups excluding carboxylic acids is 1. The van der Waals surface area contributed by atoms with E-state index in [-0.39, 0.29) is 5.91 Å². The van der Waals surface area contributed by atoms with Crippen molar-refractivity contribution in [1.82, 2.24) is 4.90 Å². The average Bonchev–Trinajstić information content (AvgIpc) is 2.84. The third kappa shape index (κ3) is 2.52. The van der Waals surface area contributed by atoms with Crippen molar-refractivity contribution in [2.75, 3.05) is 18.4 Å². The molecule has 3 heteroatoms. The minimum absolute atomic E-state index is 0.1000. The van der Waals surface area contributed by atoms with Gasteiger partial charge in [0.15, 0.2) is 0 Å². The van der Waals surface area contributed by atoms with Crippen LogP contribution in [0.1, 0.15) is 21.5 Å². The second-order valence-corrected chi connectivity index (χ2v) is 6.29. The zero-order chi connectivity index (χ0) is 16.5. The smallest absolute Gasteiger partial charge is 0.254 e. The number of rotatable bonds is 1. The highest BCUT2D eigenvalue weighted by Crippen LogP contribution is 2.26. The van der Waals surface area contributed by atoms with Gasteiger partial charge in [-0.25, -0.2) is 0 Å². The van der Waals surface area contributed by atoms with Gasteiger partial charge in [0.25, 0.3) is 5.91 Å². The van der Waals surface area contributed by atoms with Crippen LogP contribution in [-0.2, 0) is 6.54 Å². The highest BCUT2D eigenvalue weighted by atomic mass is 16.2. The molecule has 4 rings (SSSR count). The van der Waals surface area contributed by atoms with Crippen molar-refractivity contribution in [3.63, 3.8) is 0 Å². The van der Waals surface area contributed by atoms with Gasteiger partial charge in [-0.3, -0.25) is 4.79 Å². The lowest BCUT2D eigenvalue weighted by molar-refractivity contribution is 0.0755. The molecule has 0 unspecified atom stereocenters. The number of carbonyl (C=O) groups is 1. The van der Waals surface area contributed by atoms with Crippen LogP contribution in [0.3, 0.4) is 0 Å². The van der Waals surface area contributed by atoms with E-state index in [2.05, 4.69) is 42.6 Å². The van der Waals surface area contributed by atoms with E-state index in [1.54, 1.807) is 0 Å². The molecule has 3 nitrogen and oxygen atoms in total. The summed E-state index contributed by atoms with van der Waals surface area (Å²) in [7, 11) is 0. The summed E-state index contributed by atoms with van der Waals surface area (Å²) in [5.74, 6) is 0.1000. The maximum atomic E-state index is 13.2. The van der Waals surface area contributed by atoms with Gasteiger partial charge >= 0.3 is 0 Å². The first-order valence-electron chi connectivity index (χ1n) is 8.33. The number of nitrogens with zero attached hydrogens (tertiary/aromatic N) is 1. The Labute approximate surface area is 141 Å². The summed E-state index contributed by atoms with van der Waals surface area (Å²) < 4.78 is 0. The summed E-state index contributed by atoms with van der Waals surface area (Å²) in [6.07, 6.45) is 0. The fraction of sp³-hybridized carbons (Fsp3) is 0.190. The van der Waals surface area contributed by atoms with Crippen LogP contribution < -0.4 is 5.32 Å². The van der Waals surface area contributed by atoms with Crippen LogP contribution in [0.25, 0.3) is 10.8 Å². The molecule has 1 amide bonds. The van der Waals surface area contributed by atoms with E-state index in [1.165, 1.54) is 16.8 Å². The Morgan fingerprint density at radius 3 is 2.71 bits per heavy atom. The van der Waals surface area contributed by atoms with Gasteiger partial charge in [-0.2, -0.15) is 0 Å². The number of anilines is 1. The van der Waals surface area contributed by atoms with E-state index in [0.717, 1.165) is 22.9 Å². The zero-order valence-corrected chi connectivity index (χ0v) is 13.8. The maximum Gasteiger partial charge on any atom is 0.254 e. The normalized spacial score (nSPS) is 14.0. The van der Waals surface area contributed by atoms with E-state index in [4.69, 9.17) is 0 Å². The topological polar surface area (TPSA) is 32.3 Å². The molecule has 3 aromatic rings. The van der Waals surface area contributed by atoms with Crippen molar-refractivity contribution in [3.8, 4) is 0 Å². The van der Waals surface area contributed by atoms with Gasteiger partial charge in [0.05, 0.1) is 0 Å². The minimum atomic E-state index is 0.1000. The van der Waals surface area contributed by atoms with Crippen molar-refractivity contribution in [2.45, 2.75) is 13.5 Å². The third-order valence-corrected chi connectivity index (χ3v) is 4.71. The number of nitrogens with one attached hydrogen (secondary N) is 1. The molecule has 1 aliphatic heterocycles. The first-order valence-corrected chi connectivity index (χ1v) is 8.33. The molecule has 1 aliphatic rings. The molecule has 1 N–H and O–H groups in total. The largest absolute Gasteiger partial charge is 0.383 e. The molecule has 1 heterocycles. The van der Waals surface area contributed by atoms with E-state index < -0.39 is 0 Å². The molecule has 0 atom stereocenters. The van der Waals surface area contributed by atoms with Crippen LogP contribution in [0.4, 0.5) is 5.69 Å². The maximum absolute atomic E-state index is 13.2. The van der Waals surface area contributed by atoms with Crippen molar-refractivity contribution in [1.29, 1.82) is 0 Å². The molecular weight excluding hydrogens is 296 g/mol. The monoisotopic (exact) mass is 316 g/mol. The summed E-state index contributed by atoms with van der Waals surface area (Å²) in [6.45, 7) is 4.23. The summed E-state index contributed by atoms with van der Waals surface area (Å²) in [5.41, 5.74) is 4.36. The van der Waals surface area contributed by atoms with Crippen molar-refractivity contribution in [3.05, 3.63) is 77.4 Å². The Kier molecular flexibility index (Phi) is 3.69. The fourth-order valence-corrected chi connectivity index (χ4v) is 3.47. The molecule has 0 bridgehead atoms. The molecule has 0 fully saturated rings. The first kappa shape index (κ1) is 14.8. The molecule has 0 spiro atoms. The number of hydrogen-bond donors (Lipinski definition) is 1. The number of benzene rings is 3. The number of para-hydroxylation sites is 1. The van der Waals surface area contributed by atoms with E-state index in [1.807, 2.05) is 35.2 Å². The molecule has 24 heavy (non-hydrogen) atoms. The summed E-state index contributed by atoms with van der Waals surface area (Å²) in [4.78, 5) is 15.1. The molecule has 120 valence electrons. The molecule has 0 saturated heterocycles. The third-order valence-electron chi connectivity index (χ3n) is 4.71. The van der Waals surface area contributed by atoms with Crippen LogP contribution in [0, 0.1) is 6.92 Å². The predicted molar refractivity (Wildman–Crippen MR) is 98.4 cm³/mol. The first-order chi connectivity index (χ1) is 11.7. The molecule has 0 aliphatic carbocycles. The lowest BCUT2D eigenvalue weighted by Crippen LogP contribution is -2.32. The quantitative estimate of drug-likeness (QED) is 0.729. The van der Waals surface area contributed by atoms with E-state index in [0.29, 0.717) is 13.1 Å². The minimum Gasteiger partial charge on any atom is -0.383 e. The van der Waals surface area contributed by atoms with Crippen LogP contribution in [0.5, 0.6) is 0 Å². The molecule has 0 aromatic heterocycles. The summed E-state index contributed by atoms with van der Waals surface area (Å²) >= 11 is 0. The lowest BCUT2D eigenvalue weighted by Gasteiger charge is -2.21. The molecule has 0 saturated carbocycles. The van der Waals surface area contributed by atoms with Gasteiger partial charge < -0.3 is 10.2 Å². The Bertz CT molecular complexity index is 911. The highest BCUT2D eigenvalue weighted by molar-refractivity contribution is 6.07.